The van der Waals surface area contributed by atoms with Gasteiger partial charge >= 0.3 is 0 Å². The van der Waals surface area contributed by atoms with Crippen LogP contribution in [0, 0.1) is 5.92 Å². The second kappa shape index (κ2) is 10.8. The van der Waals surface area contributed by atoms with Gasteiger partial charge < -0.3 is 5.11 Å². The highest BCUT2D eigenvalue weighted by atomic mass is 16.3. The van der Waals surface area contributed by atoms with Gasteiger partial charge in [-0.1, -0.05) is 72.6 Å². The summed E-state index contributed by atoms with van der Waals surface area (Å²) in [5.74, 6) is 0.517. The van der Waals surface area contributed by atoms with E-state index in [9.17, 15) is 5.11 Å². The predicted molar refractivity (Wildman–Crippen MR) is 81.9 cm³/mol. The molecule has 0 fully saturated rings. The highest BCUT2D eigenvalue weighted by molar-refractivity contribution is 4.83. The molecule has 0 radical (unpaired) electrons. The Morgan fingerprint density at radius 3 is 1.78 bits per heavy atom. The van der Waals surface area contributed by atoms with Crippen molar-refractivity contribution in [2.24, 2.45) is 5.92 Å². The van der Waals surface area contributed by atoms with Gasteiger partial charge in [0.15, 0.2) is 0 Å². The van der Waals surface area contributed by atoms with E-state index in [2.05, 4.69) is 27.7 Å². The quantitative estimate of drug-likeness (QED) is 0.444. The van der Waals surface area contributed by atoms with Gasteiger partial charge in [0.05, 0.1) is 5.60 Å². The molecule has 0 aliphatic heterocycles. The van der Waals surface area contributed by atoms with Gasteiger partial charge in [0.1, 0.15) is 0 Å². The van der Waals surface area contributed by atoms with Crippen molar-refractivity contribution >= 4 is 0 Å². The van der Waals surface area contributed by atoms with E-state index >= 15 is 0 Å². The lowest BCUT2D eigenvalue weighted by Crippen LogP contribution is -2.36. The first-order chi connectivity index (χ1) is 8.64. The largest absolute Gasteiger partial charge is 0.390 e. The van der Waals surface area contributed by atoms with Crippen molar-refractivity contribution in [3.63, 3.8) is 0 Å². The van der Waals surface area contributed by atoms with E-state index in [0.717, 1.165) is 12.8 Å². The van der Waals surface area contributed by atoms with Crippen molar-refractivity contribution in [2.75, 3.05) is 0 Å². The maximum atomic E-state index is 10.7. The molecule has 0 aromatic heterocycles. The lowest BCUT2D eigenvalue weighted by atomic mass is 9.77. The first kappa shape index (κ1) is 18.0. The topological polar surface area (TPSA) is 20.2 Å². The average Bonchev–Trinajstić information content (AvgIpc) is 2.40. The Balaban J connectivity index is 3.96. The molecule has 0 saturated heterocycles. The minimum atomic E-state index is -0.403. The molecular weight excluding hydrogens is 220 g/mol. The van der Waals surface area contributed by atoms with Gasteiger partial charge in [-0.3, -0.25) is 0 Å². The number of hydrogen-bond acceptors (Lipinski definition) is 1. The summed E-state index contributed by atoms with van der Waals surface area (Å²) in [6.07, 6.45) is 13.5. The van der Waals surface area contributed by atoms with Crippen molar-refractivity contribution in [1.82, 2.24) is 0 Å². The van der Waals surface area contributed by atoms with Gasteiger partial charge in [0.2, 0.25) is 0 Å². The highest BCUT2D eigenvalue weighted by Gasteiger charge is 2.31. The maximum absolute atomic E-state index is 10.7. The van der Waals surface area contributed by atoms with Gasteiger partial charge in [-0.05, 0) is 31.6 Å². The molecule has 0 amide bonds. The standard InChI is InChI=1S/C17H36O/c1-5-9-10-11-12-13-15-16(14-6-2)17(18,7-3)8-4/h16,18H,5-15H2,1-4H3. The molecule has 0 bridgehead atoms. The summed E-state index contributed by atoms with van der Waals surface area (Å²) >= 11 is 0. The zero-order chi connectivity index (χ0) is 13.9. The number of unbranched alkanes of at least 4 members (excludes halogenated alkanes) is 5. The Hall–Kier alpha value is -0.0400. The van der Waals surface area contributed by atoms with Gasteiger partial charge in [0.25, 0.3) is 0 Å². The fourth-order valence-electron chi connectivity index (χ4n) is 3.03. The van der Waals surface area contributed by atoms with E-state index < -0.39 is 5.60 Å². The Bertz CT molecular complexity index is 172. The zero-order valence-electron chi connectivity index (χ0n) is 13.3. The van der Waals surface area contributed by atoms with Gasteiger partial charge in [-0.2, -0.15) is 0 Å². The average molecular weight is 256 g/mol. The summed E-state index contributed by atoms with van der Waals surface area (Å²) in [4.78, 5) is 0. The van der Waals surface area contributed by atoms with E-state index in [1.807, 2.05) is 0 Å². The van der Waals surface area contributed by atoms with E-state index in [1.165, 1.54) is 57.8 Å². The van der Waals surface area contributed by atoms with Crippen LogP contribution in [0.4, 0.5) is 0 Å². The lowest BCUT2D eigenvalue weighted by molar-refractivity contribution is -0.0335. The van der Waals surface area contributed by atoms with Crippen LogP contribution >= 0.6 is 0 Å². The smallest absolute Gasteiger partial charge is 0.0670 e. The summed E-state index contributed by atoms with van der Waals surface area (Å²) < 4.78 is 0. The van der Waals surface area contributed by atoms with E-state index in [4.69, 9.17) is 0 Å². The van der Waals surface area contributed by atoms with Crippen molar-refractivity contribution in [3.05, 3.63) is 0 Å². The van der Waals surface area contributed by atoms with Crippen LogP contribution in [0.3, 0.4) is 0 Å². The van der Waals surface area contributed by atoms with Crippen molar-refractivity contribution in [1.29, 1.82) is 0 Å². The van der Waals surface area contributed by atoms with Crippen LogP contribution in [0.15, 0.2) is 0 Å². The van der Waals surface area contributed by atoms with Crippen molar-refractivity contribution < 1.29 is 5.11 Å². The van der Waals surface area contributed by atoms with Crippen LogP contribution in [0.5, 0.6) is 0 Å². The highest BCUT2D eigenvalue weighted by Crippen LogP contribution is 2.33. The summed E-state index contributed by atoms with van der Waals surface area (Å²) in [5.41, 5.74) is -0.403. The molecule has 1 heteroatoms. The third-order valence-corrected chi connectivity index (χ3v) is 4.53. The fourth-order valence-corrected chi connectivity index (χ4v) is 3.03. The number of hydrogen-bond donors (Lipinski definition) is 1. The SMILES string of the molecule is CCCCCCCCC(CCC)C(O)(CC)CC. The fraction of sp³-hybridized carbons (Fsp3) is 1.00. The van der Waals surface area contributed by atoms with Crippen LogP contribution in [0.2, 0.25) is 0 Å². The third-order valence-electron chi connectivity index (χ3n) is 4.53. The Kier molecular flexibility index (Phi) is 10.8. The second-order valence-electron chi connectivity index (χ2n) is 5.85. The molecule has 0 spiro atoms. The second-order valence-corrected chi connectivity index (χ2v) is 5.85. The monoisotopic (exact) mass is 256 g/mol. The predicted octanol–water partition coefficient (Wildman–Crippen LogP) is 5.70. The molecule has 18 heavy (non-hydrogen) atoms. The number of rotatable bonds is 12. The minimum absolute atomic E-state index is 0.403. The third kappa shape index (κ3) is 6.78. The summed E-state index contributed by atoms with van der Waals surface area (Å²) in [6.45, 7) is 8.76. The zero-order valence-corrected chi connectivity index (χ0v) is 13.3. The van der Waals surface area contributed by atoms with E-state index in [1.54, 1.807) is 0 Å². The lowest BCUT2D eigenvalue weighted by Gasteiger charge is -2.35. The van der Waals surface area contributed by atoms with Gasteiger partial charge in [-0.15, -0.1) is 0 Å². The van der Waals surface area contributed by atoms with Crippen LogP contribution in [-0.2, 0) is 0 Å². The molecule has 0 aromatic rings. The first-order valence-electron chi connectivity index (χ1n) is 8.36. The molecule has 1 nitrogen and oxygen atoms in total. The molecule has 110 valence electrons. The molecule has 0 heterocycles. The Morgan fingerprint density at radius 2 is 1.28 bits per heavy atom. The first-order valence-corrected chi connectivity index (χ1v) is 8.36. The van der Waals surface area contributed by atoms with Crippen LogP contribution < -0.4 is 0 Å². The molecular formula is C17H36O. The van der Waals surface area contributed by atoms with Crippen molar-refractivity contribution in [3.8, 4) is 0 Å². The molecule has 1 unspecified atom stereocenters. The Labute approximate surface area is 115 Å². The van der Waals surface area contributed by atoms with E-state index in [-0.39, 0.29) is 0 Å². The molecule has 0 aliphatic rings. The summed E-state index contributed by atoms with van der Waals surface area (Å²) in [7, 11) is 0. The Morgan fingerprint density at radius 1 is 0.722 bits per heavy atom. The van der Waals surface area contributed by atoms with Crippen LogP contribution in [0.1, 0.15) is 98.3 Å². The van der Waals surface area contributed by atoms with Gasteiger partial charge in [0, 0.05) is 0 Å². The molecule has 0 saturated carbocycles. The minimum Gasteiger partial charge on any atom is -0.390 e. The van der Waals surface area contributed by atoms with Crippen LogP contribution in [0.25, 0.3) is 0 Å². The van der Waals surface area contributed by atoms with Crippen LogP contribution in [-0.4, -0.2) is 10.7 Å². The van der Waals surface area contributed by atoms with Crippen molar-refractivity contribution in [2.45, 2.75) is 104 Å². The summed E-state index contributed by atoms with van der Waals surface area (Å²) in [6, 6.07) is 0. The molecule has 0 rings (SSSR count). The van der Waals surface area contributed by atoms with E-state index in [0.29, 0.717) is 5.92 Å². The summed E-state index contributed by atoms with van der Waals surface area (Å²) in [5, 5.41) is 10.7. The molecule has 1 atom stereocenters. The molecule has 0 aromatic carbocycles. The maximum Gasteiger partial charge on any atom is 0.0670 e. The molecule has 0 aliphatic carbocycles. The normalized spacial score (nSPS) is 13.8. The number of aliphatic hydroxyl groups is 1. The molecule has 1 N–H and O–H groups in total. The van der Waals surface area contributed by atoms with Gasteiger partial charge in [-0.25, -0.2) is 0 Å².